The van der Waals surface area contributed by atoms with E-state index >= 15 is 0 Å². The molecule has 1 aromatic carbocycles. The van der Waals surface area contributed by atoms with Crippen molar-refractivity contribution in [3.63, 3.8) is 0 Å². The Balaban J connectivity index is 3.10. The van der Waals surface area contributed by atoms with Gasteiger partial charge in [-0.15, -0.1) is 0 Å². The van der Waals surface area contributed by atoms with E-state index in [0.29, 0.717) is 0 Å². The van der Waals surface area contributed by atoms with Crippen molar-refractivity contribution in [2.45, 2.75) is 58.0 Å². The van der Waals surface area contributed by atoms with E-state index in [1.54, 1.807) is 0 Å². The first-order valence-corrected chi connectivity index (χ1v) is 7.84. The minimum absolute atomic E-state index is 0.451. The number of rotatable bonds is 4. The van der Waals surface area contributed by atoms with Crippen molar-refractivity contribution in [3.05, 3.63) is 23.3 Å². The second-order valence-electron chi connectivity index (χ2n) is 5.64. The van der Waals surface area contributed by atoms with E-state index in [9.17, 15) is 4.79 Å². The van der Waals surface area contributed by atoms with Crippen LogP contribution in [0, 0.1) is 10.7 Å². The van der Waals surface area contributed by atoms with E-state index in [-0.39, 0.29) is 0 Å². The maximum Gasteiger partial charge on any atom is 0.412 e. The van der Waals surface area contributed by atoms with E-state index < -0.39 is 11.7 Å². The molecule has 0 aliphatic rings. The minimum Gasteiger partial charge on any atom is -0.444 e. The zero-order chi connectivity index (χ0) is 16.0. The Labute approximate surface area is 130 Å². The number of carbonyl (C=O) groups is 1. The molecule has 0 aromatic heterocycles. The molecule has 0 saturated heterocycles. The molecule has 0 heterocycles. The summed E-state index contributed by atoms with van der Waals surface area (Å²) >= 11 is 1.13. The number of nitrogens with one attached hydrogen (secondary N) is 1. The lowest BCUT2D eigenvalue weighted by molar-refractivity contribution is 0.0635. The third-order valence-corrected chi connectivity index (χ3v) is 3.39. The Morgan fingerprint density at radius 3 is 2.19 bits per heavy atom. The van der Waals surface area contributed by atoms with Crippen LogP contribution in [-0.2, 0) is 17.6 Å². The van der Waals surface area contributed by atoms with Crippen molar-refractivity contribution in [3.8, 4) is 5.40 Å². The molecule has 1 aromatic rings. The number of thioether (sulfide) groups is 1. The molecule has 21 heavy (non-hydrogen) atoms. The van der Waals surface area contributed by atoms with Gasteiger partial charge in [-0.2, -0.15) is 5.26 Å². The first kappa shape index (κ1) is 17.4. The summed E-state index contributed by atoms with van der Waals surface area (Å²) in [6.07, 6.45) is 1.10. The van der Waals surface area contributed by atoms with Crippen molar-refractivity contribution >= 4 is 23.5 Å². The van der Waals surface area contributed by atoms with E-state index in [4.69, 9.17) is 10.00 Å². The largest absolute Gasteiger partial charge is 0.444 e. The highest BCUT2D eigenvalue weighted by Gasteiger charge is 2.18. The highest BCUT2D eigenvalue weighted by Crippen LogP contribution is 2.30. The predicted molar refractivity (Wildman–Crippen MR) is 86.5 cm³/mol. The summed E-state index contributed by atoms with van der Waals surface area (Å²) in [6.45, 7) is 9.55. The van der Waals surface area contributed by atoms with Gasteiger partial charge in [0.15, 0.2) is 0 Å². The van der Waals surface area contributed by atoms with E-state index in [1.807, 2.05) is 46.8 Å². The molecule has 0 aliphatic heterocycles. The average molecular weight is 306 g/mol. The Kier molecular flexibility index (Phi) is 6.10. The van der Waals surface area contributed by atoms with Gasteiger partial charge in [0.05, 0.1) is 5.69 Å². The number of benzene rings is 1. The molecular weight excluding hydrogens is 284 g/mol. The van der Waals surface area contributed by atoms with Crippen LogP contribution in [0.15, 0.2) is 17.0 Å². The molecule has 114 valence electrons. The maximum atomic E-state index is 12.0. The van der Waals surface area contributed by atoms with Gasteiger partial charge in [-0.25, -0.2) is 4.79 Å². The predicted octanol–water partition coefficient (Wildman–Crippen LogP) is 4.73. The van der Waals surface area contributed by atoms with Gasteiger partial charge < -0.3 is 4.74 Å². The molecule has 1 N–H and O–H groups in total. The van der Waals surface area contributed by atoms with Crippen molar-refractivity contribution < 1.29 is 9.53 Å². The molecular formula is C16H22N2O2S. The highest BCUT2D eigenvalue weighted by molar-refractivity contribution is 8.03. The van der Waals surface area contributed by atoms with Gasteiger partial charge in [0.1, 0.15) is 11.0 Å². The fourth-order valence-electron chi connectivity index (χ4n) is 1.97. The molecule has 0 bridgehead atoms. The van der Waals surface area contributed by atoms with E-state index in [0.717, 1.165) is 46.3 Å². The van der Waals surface area contributed by atoms with E-state index in [2.05, 4.69) is 10.7 Å². The standard InChI is InChI=1S/C16H22N2O2S/c1-6-11-8-13(21-10-17)9-12(7-2)14(11)18-15(19)20-16(3,4)5/h8-9H,6-7H2,1-5H3,(H,18,19). The molecule has 4 nitrogen and oxygen atoms in total. The topological polar surface area (TPSA) is 62.1 Å². The molecule has 0 atom stereocenters. The second-order valence-corrected chi connectivity index (χ2v) is 6.50. The normalized spacial score (nSPS) is 10.9. The number of aryl methyl sites for hydroxylation is 2. The average Bonchev–Trinajstić information content (AvgIpc) is 2.38. The number of amides is 1. The Morgan fingerprint density at radius 1 is 1.29 bits per heavy atom. The van der Waals surface area contributed by atoms with Crippen LogP contribution in [0.25, 0.3) is 0 Å². The van der Waals surface area contributed by atoms with Gasteiger partial charge >= 0.3 is 6.09 Å². The summed E-state index contributed by atoms with van der Waals surface area (Å²) < 4.78 is 5.31. The van der Waals surface area contributed by atoms with Crippen molar-refractivity contribution in [2.24, 2.45) is 0 Å². The molecule has 0 radical (unpaired) electrons. The number of nitriles is 1. The molecule has 0 unspecified atom stereocenters. The number of carbonyl (C=O) groups excluding carboxylic acids is 1. The van der Waals surface area contributed by atoms with Gasteiger partial charge in [-0.3, -0.25) is 5.32 Å². The SMILES string of the molecule is CCc1cc(SC#N)cc(CC)c1NC(=O)OC(C)(C)C. The third-order valence-electron chi connectivity index (χ3n) is 2.83. The van der Waals surface area contributed by atoms with Crippen LogP contribution < -0.4 is 5.32 Å². The molecule has 5 heteroatoms. The molecule has 1 amide bonds. The molecule has 0 aliphatic carbocycles. The number of nitrogens with zero attached hydrogens (tertiary/aromatic N) is 1. The van der Waals surface area contributed by atoms with Crippen LogP contribution in [0.3, 0.4) is 0 Å². The number of anilines is 1. The Morgan fingerprint density at radius 2 is 1.81 bits per heavy atom. The van der Waals surface area contributed by atoms with Crippen LogP contribution >= 0.6 is 11.8 Å². The van der Waals surface area contributed by atoms with Gasteiger partial charge in [-0.05, 0) is 68.6 Å². The fraction of sp³-hybridized carbons (Fsp3) is 0.500. The van der Waals surface area contributed by atoms with Crippen molar-refractivity contribution in [1.82, 2.24) is 0 Å². The van der Waals surface area contributed by atoms with Crippen LogP contribution in [0.5, 0.6) is 0 Å². The van der Waals surface area contributed by atoms with E-state index in [1.165, 1.54) is 0 Å². The van der Waals surface area contributed by atoms with Crippen LogP contribution in [0.1, 0.15) is 45.7 Å². The smallest absolute Gasteiger partial charge is 0.412 e. The monoisotopic (exact) mass is 306 g/mol. The van der Waals surface area contributed by atoms with Crippen LogP contribution in [-0.4, -0.2) is 11.7 Å². The second kappa shape index (κ2) is 7.37. The zero-order valence-corrected chi connectivity index (χ0v) is 14.1. The fourth-order valence-corrected chi connectivity index (χ4v) is 2.48. The first-order valence-electron chi connectivity index (χ1n) is 7.02. The summed E-state index contributed by atoms with van der Waals surface area (Å²) in [5, 5.41) is 13.7. The zero-order valence-electron chi connectivity index (χ0n) is 13.2. The van der Waals surface area contributed by atoms with Gasteiger partial charge in [0, 0.05) is 4.90 Å². The Bertz CT molecular complexity index is 531. The Hall–Kier alpha value is -1.67. The number of hydrogen-bond donors (Lipinski definition) is 1. The lowest BCUT2D eigenvalue weighted by Crippen LogP contribution is -2.28. The molecule has 0 spiro atoms. The van der Waals surface area contributed by atoms with Crippen LogP contribution in [0.2, 0.25) is 0 Å². The van der Waals surface area contributed by atoms with Gasteiger partial charge in [0.25, 0.3) is 0 Å². The summed E-state index contributed by atoms with van der Waals surface area (Å²) in [7, 11) is 0. The summed E-state index contributed by atoms with van der Waals surface area (Å²) in [5.41, 5.74) is 2.30. The summed E-state index contributed by atoms with van der Waals surface area (Å²) in [4.78, 5) is 12.9. The van der Waals surface area contributed by atoms with Crippen LogP contribution in [0.4, 0.5) is 10.5 Å². The number of ether oxygens (including phenoxy) is 1. The lowest BCUT2D eigenvalue weighted by Gasteiger charge is -2.21. The van der Waals surface area contributed by atoms with Gasteiger partial charge in [-0.1, -0.05) is 13.8 Å². The lowest BCUT2D eigenvalue weighted by atomic mass is 10.0. The third kappa shape index (κ3) is 5.31. The number of thiocyanates is 1. The maximum absolute atomic E-state index is 12.0. The quantitative estimate of drug-likeness (QED) is 0.645. The van der Waals surface area contributed by atoms with Crippen molar-refractivity contribution in [2.75, 3.05) is 5.32 Å². The molecule has 0 fully saturated rings. The van der Waals surface area contributed by atoms with Gasteiger partial charge in [0.2, 0.25) is 0 Å². The minimum atomic E-state index is -0.528. The first-order chi connectivity index (χ1) is 9.80. The van der Waals surface area contributed by atoms with Crippen molar-refractivity contribution in [1.29, 1.82) is 5.26 Å². The summed E-state index contributed by atoms with van der Waals surface area (Å²) in [6, 6.07) is 3.89. The number of hydrogen-bond acceptors (Lipinski definition) is 4. The highest BCUT2D eigenvalue weighted by atomic mass is 32.2. The summed E-state index contributed by atoms with van der Waals surface area (Å²) in [5.74, 6) is 0. The molecule has 1 rings (SSSR count). The molecule has 0 saturated carbocycles.